The van der Waals surface area contributed by atoms with Crippen LogP contribution in [0.5, 0.6) is 0 Å². The third kappa shape index (κ3) is 1.88. The molecule has 2 aromatic rings. The lowest BCUT2D eigenvalue weighted by atomic mass is 10.0. The molecule has 20 heavy (non-hydrogen) atoms. The smallest absolute Gasteiger partial charge is 0.294 e. The van der Waals surface area contributed by atoms with Gasteiger partial charge in [0.1, 0.15) is 11.4 Å². The van der Waals surface area contributed by atoms with Gasteiger partial charge in [-0.15, -0.1) is 0 Å². The Morgan fingerprint density at radius 1 is 1.10 bits per heavy atom. The average Bonchev–Trinajstić information content (AvgIpc) is 2.99. The second kappa shape index (κ2) is 4.50. The van der Waals surface area contributed by atoms with Gasteiger partial charge in [-0.25, -0.2) is 9.97 Å². The zero-order valence-electron chi connectivity index (χ0n) is 9.86. The zero-order valence-corrected chi connectivity index (χ0v) is 9.86. The van der Waals surface area contributed by atoms with Crippen molar-refractivity contribution in [3.63, 3.8) is 0 Å². The van der Waals surface area contributed by atoms with Gasteiger partial charge in [0.15, 0.2) is 0 Å². The van der Waals surface area contributed by atoms with Crippen molar-refractivity contribution in [1.29, 1.82) is 0 Å². The molecule has 1 amide bonds. The van der Waals surface area contributed by atoms with Gasteiger partial charge < -0.3 is 9.84 Å². The van der Waals surface area contributed by atoms with Crippen molar-refractivity contribution in [2.45, 2.75) is 0 Å². The second-order valence-electron chi connectivity index (χ2n) is 3.84. The van der Waals surface area contributed by atoms with E-state index in [-0.39, 0.29) is 22.8 Å². The normalized spacial score (nSPS) is 13.7. The molecule has 1 aliphatic carbocycles. The summed E-state index contributed by atoms with van der Waals surface area (Å²) in [5.41, 5.74) is -0.299. The number of ketones is 2. The first-order valence-electron chi connectivity index (χ1n) is 5.50. The fourth-order valence-electron chi connectivity index (χ4n) is 1.69. The third-order valence-electron chi connectivity index (χ3n) is 2.58. The predicted octanol–water partition coefficient (Wildman–Crippen LogP) is 0.158. The molecular formula is C12H6N4O4. The van der Waals surface area contributed by atoms with Crippen LogP contribution in [0.15, 0.2) is 41.0 Å². The average molecular weight is 270 g/mol. The van der Waals surface area contributed by atoms with E-state index in [1.54, 1.807) is 0 Å². The highest BCUT2D eigenvalue weighted by molar-refractivity contribution is 6.23. The monoisotopic (exact) mass is 270 g/mol. The Labute approximate surface area is 111 Å². The van der Waals surface area contributed by atoms with Crippen molar-refractivity contribution in [3.05, 3.63) is 53.6 Å². The summed E-state index contributed by atoms with van der Waals surface area (Å²) in [6, 6.07) is 1.33. The Bertz CT molecular complexity index is 749. The molecular weight excluding hydrogens is 264 g/mol. The summed E-state index contributed by atoms with van der Waals surface area (Å²) >= 11 is 0. The number of amides is 1. The Kier molecular flexibility index (Phi) is 2.68. The molecule has 98 valence electrons. The number of rotatable bonds is 2. The van der Waals surface area contributed by atoms with E-state index in [2.05, 4.69) is 25.0 Å². The Morgan fingerprint density at radius 3 is 2.55 bits per heavy atom. The van der Waals surface area contributed by atoms with Crippen LogP contribution in [-0.2, 0) is 0 Å². The fourth-order valence-corrected chi connectivity index (χ4v) is 1.69. The van der Waals surface area contributed by atoms with Crippen LogP contribution in [0.2, 0.25) is 0 Å². The van der Waals surface area contributed by atoms with Crippen LogP contribution in [0, 0.1) is 0 Å². The van der Waals surface area contributed by atoms with E-state index in [4.69, 9.17) is 0 Å². The Hall–Kier alpha value is -3.16. The molecule has 1 N–H and O–H groups in total. The van der Waals surface area contributed by atoms with Gasteiger partial charge in [-0.05, 0) is 0 Å². The molecule has 2 aromatic heterocycles. The van der Waals surface area contributed by atoms with Crippen molar-refractivity contribution < 1.29 is 18.9 Å². The number of hydrogen-bond acceptors (Lipinski definition) is 7. The van der Waals surface area contributed by atoms with Crippen molar-refractivity contribution in [3.8, 4) is 0 Å². The summed E-state index contributed by atoms with van der Waals surface area (Å²) < 4.78 is 4.65. The molecule has 8 nitrogen and oxygen atoms in total. The molecule has 0 unspecified atom stereocenters. The number of fused-ring (bicyclic) bond motifs is 1. The van der Waals surface area contributed by atoms with E-state index < -0.39 is 17.5 Å². The summed E-state index contributed by atoms with van der Waals surface area (Å²) in [6.07, 6.45) is 4.91. The summed E-state index contributed by atoms with van der Waals surface area (Å²) in [5.74, 6) is -1.83. The minimum absolute atomic E-state index is 0.0323. The van der Waals surface area contributed by atoms with Crippen LogP contribution >= 0.6 is 0 Å². The van der Waals surface area contributed by atoms with E-state index in [0.29, 0.717) is 0 Å². The molecule has 8 heteroatoms. The van der Waals surface area contributed by atoms with Gasteiger partial charge >= 0.3 is 0 Å². The van der Waals surface area contributed by atoms with E-state index in [1.807, 2.05) is 0 Å². The van der Waals surface area contributed by atoms with Crippen molar-refractivity contribution in [1.82, 2.24) is 20.4 Å². The predicted molar refractivity (Wildman–Crippen MR) is 62.7 cm³/mol. The van der Waals surface area contributed by atoms with Gasteiger partial charge in [-0.1, -0.05) is 5.16 Å². The number of carbonyl (C=O) groups is 3. The van der Waals surface area contributed by atoms with Crippen molar-refractivity contribution in [2.75, 3.05) is 0 Å². The maximum absolute atomic E-state index is 12.1. The molecule has 1 aliphatic rings. The van der Waals surface area contributed by atoms with Crippen LogP contribution < -0.4 is 5.32 Å². The first kappa shape index (κ1) is 11.9. The van der Waals surface area contributed by atoms with Crippen molar-refractivity contribution >= 4 is 17.5 Å². The van der Waals surface area contributed by atoms with Crippen LogP contribution in [0.3, 0.4) is 0 Å². The molecule has 0 spiro atoms. The molecule has 0 aromatic carbocycles. The molecule has 2 heterocycles. The topological polar surface area (TPSA) is 115 Å². The molecule has 0 aliphatic heterocycles. The first-order valence-corrected chi connectivity index (χ1v) is 5.50. The van der Waals surface area contributed by atoms with E-state index in [1.165, 1.54) is 24.7 Å². The molecule has 0 saturated heterocycles. The SMILES string of the molecule is O=C(NC1=CC(=O)c2nccnc2C1=O)c1ccno1. The van der Waals surface area contributed by atoms with Crippen LogP contribution in [0.1, 0.15) is 31.5 Å². The highest BCUT2D eigenvalue weighted by Gasteiger charge is 2.29. The lowest BCUT2D eigenvalue weighted by molar-refractivity contribution is 0.0897. The van der Waals surface area contributed by atoms with Gasteiger partial charge in [-0.2, -0.15) is 0 Å². The maximum atomic E-state index is 12.1. The molecule has 0 fully saturated rings. The summed E-state index contributed by atoms with van der Waals surface area (Å²) in [4.78, 5) is 43.2. The Morgan fingerprint density at radius 2 is 1.85 bits per heavy atom. The summed E-state index contributed by atoms with van der Waals surface area (Å²) in [7, 11) is 0. The van der Waals surface area contributed by atoms with Crippen LogP contribution in [0.4, 0.5) is 0 Å². The van der Waals surface area contributed by atoms with Gasteiger partial charge in [0.05, 0.1) is 11.9 Å². The van der Waals surface area contributed by atoms with Gasteiger partial charge in [-0.3, -0.25) is 14.4 Å². The summed E-state index contributed by atoms with van der Waals surface area (Å²) in [6.45, 7) is 0. The zero-order chi connectivity index (χ0) is 14.1. The number of Topliss-reactive ketones (excluding diaryl/α,β-unsaturated/α-hetero) is 1. The number of carbonyl (C=O) groups excluding carboxylic acids is 3. The third-order valence-corrected chi connectivity index (χ3v) is 2.58. The second-order valence-corrected chi connectivity index (χ2v) is 3.84. The van der Waals surface area contributed by atoms with Crippen molar-refractivity contribution in [2.24, 2.45) is 0 Å². The quantitative estimate of drug-likeness (QED) is 0.826. The number of aromatic nitrogens is 3. The number of nitrogens with zero attached hydrogens (tertiary/aromatic N) is 3. The minimum Gasteiger partial charge on any atom is -0.351 e. The number of hydrogen-bond donors (Lipinski definition) is 1. The molecule has 0 saturated carbocycles. The first-order chi connectivity index (χ1) is 9.66. The maximum Gasteiger partial charge on any atom is 0.294 e. The van der Waals surface area contributed by atoms with Gasteiger partial charge in [0.25, 0.3) is 5.91 Å². The highest BCUT2D eigenvalue weighted by atomic mass is 16.5. The molecule has 0 atom stereocenters. The van der Waals surface area contributed by atoms with E-state index in [0.717, 1.165) is 6.08 Å². The molecule has 0 bridgehead atoms. The van der Waals surface area contributed by atoms with Gasteiger partial charge in [0, 0.05) is 24.5 Å². The van der Waals surface area contributed by atoms with Gasteiger partial charge in [0.2, 0.25) is 17.3 Å². The van der Waals surface area contributed by atoms with Crippen LogP contribution in [-0.4, -0.2) is 32.6 Å². The van der Waals surface area contributed by atoms with E-state index in [9.17, 15) is 14.4 Å². The highest BCUT2D eigenvalue weighted by Crippen LogP contribution is 2.16. The molecule has 0 radical (unpaired) electrons. The summed E-state index contributed by atoms with van der Waals surface area (Å²) in [5, 5.41) is 5.67. The minimum atomic E-state index is -0.678. The molecule has 3 rings (SSSR count). The lowest BCUT2D eigenvalue weighted by Gasteiger charge is -2.12. The number of nitrogens with one attached hydrogen (secondary N) is 1. The lowest BCUT2D eigenvalue weighted by Crippen LogP contribution is -2.32. The largest absolute Gasteiger partial charge is 0.351 e. The standard InChI is InChI=1S/C12H6N4O4/c17-7-5-6(16-12(19)8-1-2-15-20-8)11(18)10-9(7)13-3-4-14-10/h1-5H,(H,16,19). The van der Waals surface area contributed by atoms with Crippen LogP contribution in [0.25, 0.3) is 0 Å². The fraction of sp³-hybridized carbons (Fsp3) is 0. The van der Waals surface area contributed by atoms with E-state index >= 15 is 0 Å². The number of allylic oxidation sites excluding steroid dienone is 2. The Balaban J connectivity index is 1.91.